The van der Waals surface area contributed by atoms with E-state index in [9.17, 15) is 4.79 Å². The van der Waals surface area contributed by atoms with Crippen molar-refractivity contribution >= 4 is 6.29 Å². The van der Waals surface area contributed by atoms with Crippen molar-refractivity contribution in [3.05, 3.63) is 17.5 Å². The molecule has 1 rings (SSSR count). The minimum atomic E-state index is 0.479. The molecule has 0 amide bonds. The van der Waals surface area contributed by atoms with E-state index in [0.29, 0.717) is 5.69 Å². The summed E-state index contributed by atoms with van der Waals surface area (Å²) in [5.74, 6) is 0. The van der Waals surface area contributed by atoms with Crippen LogP contribution in [0.1, 0.15) is 23.1 Å². The maximum absolute atomic E-state index is 10.1. The summed E-state index contributed by atoms with van der Waals surface area (Å²) in [6, 6.07) is 1.74. The highest BCUT2D eigenvalue weighted by atomic mass is 16.2. The van der Waals surface area contributed by atoms with Gasteiger partial charge in [0.1, 0.15) is 5.69 Å². The molecule has 2 N–H and O–H groups in total. The van der Waals surface area contributed by atoms with Crippen LogP contribution in [0.2, 0.25) is 0 Å². The molecule has 1 aromatic rings. The van der Waals surface area contributed by atoms with Gasteiger partial charge in [-0.15, -0.1) is 0 Å². The molecule has 0 bridgehead atoms. The van der Waals surface area contributed by atoms with E-state index in [-0.39, 0.29) is 0 Å². The Bertz CT molecular complexity index is 208. The summed E-state index contributed by atoms with van der Waals surface area (Å²) in [6.45, 7) is 2.00. The van der Waals surface area contributed by atoms with Gasteiger partial charge >= 0.3 is 0 Å². The van der Waals surface area contributed by atoms with Crippen LogP contribution < -0.4 is 0 Å². The molecular weight excluding hydrogens is 144 g/mol. The molecule has 0 aromatic carbocycles. The summed E-state index contributed by atoms with van der Waals surface area (Å²) in [5, 5.41) is 13.4. The van der Waals surface area contributed by atoms with Crippen LogP contribution in [0, 0.1) is 0 Å². The van der Waals surface area contributed by atoms with Crippen molar-refractivity contribution in [1.29, 1.82) is 0 Å². The summed E-state index contributed by atoms with van der Waals surface area (Å²) < 4.78 is 0. The van der Waals surface area contributed by atoms with Gasteiger partial charge in [0.25, 0.3) is 0 Å². The first kappa shape index (κ1) is 9.84. The zero-order chi connectivity index (χ0) is 8.69. The van der Waals surface area contributed by atoms with Gasteiger partial charge in [-0.3, -0.25) is 9.89 Å². The van der Waals surface area contributed by atoms with Gasteiger partial charge < -0.3 is 5.11 Å². The number of carbonyl (C=O) groups is 1. The minimum Gasteiger partial charge on any atom is -0.400 e. The fraction of sp³-hybridized carbons (Fsp3) is 0.429. The highest BCUT2D eigenvalue weighted by Gasteiger charge is 1.94. The van der Waals surface area contributed by atoms with E-state index in [2.05, 4.69) is 10.2 Å². The SMILES string of the molecule is CCc1cc(C=O)n[nH]1.CO. The lowest BCUT2D eigenvalue weighted by molar-refractivity contribution is 0.111. The topological polar surface area (TPSA) is 66.0 Å². The second kappa shape index (κ2) is 5.61. The van der Waals surface area contributed by atoms with E-state index in [4.69, 9.17) is 5.11 Å². The summed E-state index contributed by atoms with van der Waals surface area (Å²) >= 11 is 0. The number of rotatable bonds is 2. The lowest BCUT2D eigenvalue weighted by Gasteiger charge is -1.79. The van der Waals surface area contributed by atoms with E-state index >= 15 is 0 Å². The lowest BCUT2D eigenvalue weighted by atomic mass is 10.3. The summed E-state index contributed by atoms with van der Waals surface area (Å²) in [6.07, 6.45) is 1.62. The first-order chi connectivity index (χ1) is 5.36. The smallest absolute Gasteiger partial charge is 0.170 e. The molecule has 0 spiro atoms. The van der Waals surface area contributed by atoms with Crippen molar-refractivity contribution in [2.45, 2.75) is 13.3 Å². The van der Waals surface area contributed by atoms with Crippen molar-refractivity contribution in [3.8, 4) is 0 Å². The van der Waals surface area contributed by atoms with Crippen molar-refractivity contribution in [1.82, 2.24) is 10.2 Å². The number of aldehydes is 1. The number of aliphatic hydroxyl groups is 1. The van der Waals surface area contributed by atoms with Crippen LogP contribution in [0.5, 0.6) is 0 Å². The van der Waals surface area contributed by atoms with Gasteiger partial charge in [0.2, 0.25) is 0 Å². The second-order valence-electron chi connectivity index (χ2n) is 1.79. The number of aromatic nitrogens is 2. The Labute approximate surface area is 65.3 Å². The fourth-order valence-electron chi connectivity index (χ4n) is 0.621. The molecule has 0 saturated heterocycles. The van der Waals surface area contributed by atoms with E-state index in [0.717, 1.165) is 25.5 Å². The van der Waals surface area contributed by atoms with Crippen LogP contribution in [0.15, 0.2) is 6.07 Å². The molecule has 0 aliphatic heterocycles. The number of nitrogens with one attached hydrogen (secondary N) is 1. The van der Waals surface area contributed by atoms with Crippen LogP contribution in [0.3, 0.4) is 0 Å². The summed E-state index contributed by atoms with van der Waals surface area (Å²) in [7, 11) is 1.00. The largest absolute Gasteiger partial charge is 0.400 e. The predicted octanol–water partition coefficient (Wildman–Crippen LogP) is 0.393. The first-order valence-electron chi connectivity index (χ1n) is 3.31. The molecule has 0 radical (unpaired) electrons. The number of hydrogen-bond donors (Lipinski definition) is 2. The van der Waals surface area contributed by atoms with E-state index in [1.54, 1.807) is 6.07 Å². The van der Waals surface area contributed by atoms with Crippen LogP contribution >= 0.6 is 0 Å². The van der Waals surface area contributed by atoms with Gasteiger partial charge in [0, 0.05) is 12.8 Å². The molecule has 1 heterocycles. The molecule has 0 aliphatic carbocycles. The monoisotopic (exact) mass is 156 g/mol. The Morgan fingerprint density at radius 2 is 2.36 bits per heavy atom. The van der Waals surface area contributed by atoms with E-state index in [1.165, 1.54) is 0 Å². The zero-order valence-electron chi connectivity index (χ0n) is 6.66. The number of nitrogens with zero attached hydrogens (tertiary/aromatic N) is 1. The Kier molecular flexibility index (Phi) is 5.02. The molecule has 0 fully saturated rings. The van der Waals surface area contributed by atoms with Gasteiger partial charge in [-0.05, 0) is 12.5 Å². The highest BCUT2D eigenvalue weighted by Crippen LogP contribution is 1.95. The third-order valence-corrected chi connectivity index (χ3v) is 1.15. The third-order valence-electron chi connectivity index (χ3n) is 1.15. The highest BCUT2D eigenvalue weighted by molar-refractivity contribution is 5.71. The standard InChI is InChI=1S/C6H8N2O.CH4O/c1-2-5-3-6(4-9)8-7-5;1-2/h3-4H,2H2,1H3,(H,7,8);2H,1H3. The van der Waals surface area contributed by atoms with Gasteiger partial charge in [-0.2, -0.15) is 5.10 Å². The first-order valence-corrected chi connectivity index (χ1v) is 3.31. The zero-order valence-corrected chi connectivity index (χ0v) is 6.66. The van der Waals surface area contributed by atoms with Gasteiger partial charge in [-0.1, -0.05) is 6.92 Å². The fourth-order valence-corrected chi connectivity index (χ4v) is 0.621. The van der Waals surface area contributed by atoms with Crippen molar-refractivity contribution in [2.24, 2.45) is 0 Å². The van der Waals surface area contributed by atoms with Crippen molar-refractivity contribution < 1.29 is 9.90 Å². The summed E-state index contributed by atoms with van der Waals surface area (Å²) in [5.41, 5.74) is 1.48. The van der Waals surface area contributed by atoms with Gasteiger partial charge in [0.05, 0.1) is 0 Å². The maximum Gasteiger partial charge on any atom is 0.170 e. The Morgan fingerprint density at radius 1 is 1.73 bits per heavy atom. The van der Waals surface area contributed by atoms with E-state index in [1.807, 2.05) is 6.92 Å². The molecule has 11 heavy (non-hydrogen) atoms. The number of H-pyrrole nitrogens is 1. The number of aromatic amines is 1. The second-order valence-corrected chi connectivity index (χ2v) is 1.79. The normalized spacial score (nSPS) is 8.27. The molecule has 0 unspecified atom stereocenters. The molecular formula is C7H12N2O2. The van der Waals surface area contributed by atoms with Crippen molar-refractivity contribution in [3.63, 3.8) is 0 Å². The number of aliphatic hydroxyl groups excluding tert-OH is 1. The maximum atomic E-state index is 10.1. The minimum absolute atomic E-state index is 0.479. The van der Waals surface area contributed by atoms with Gasteiger partial charge in [-0.25, -0.2) is 0 Å². The summed E-state index contributed by atoms with van der Waals surface area (Å²) in [4.78, 5) is 10.1. The van der Waals surface area contributed by atoms with Crippen LogP contribution in [-0.2, 0) is 6.42 Å². The van der Waals surface area contributed by atoms with Crippen molar-refractivity contribution in [2.75, 3.05) is 7.11 Å². The molecule has 1 aromatic heterocycles. The lowest BCUT2D eigenvalue weighted by Crippen LogP contribution is -1.76. The number of aryl methyl sites for hydroxylation is 1. The average Bonchev–Trinajstić information content (AvgIpc) is 2.55. The average molecular weight is 156 g/mol. The van der Waals surface area contributed by atoms with E-state index < -0.39 is 0 Å². The molecule has 4 nitrogen and oxygen atoms in total. The molecule has 0 atom stereocenters. The third kappa shape index (κ3) is 2.95. The molecule has 62 valence electrons. The van der Waals surface area contributed by atoms with Gasteiger partial charge in [0.15, 0.2) is 6.29 Å². The molecule has 0 saturated carbocycles. The quantitative estimate of drug-likeness (QED) is 0.609. The van der Waals surface area contributed by atoms with Crippen LogP contribution in [0.25, 0.3) is 0 Å². The Hall–Kier alpha value is -1.16. The van der Waals surface area contributed by atoms with Crippen LogP contribution in [-0.4, -0.2) is 28.7 Å². The number of hydrogen-bond acceptors (Lipinski definition) is 3. The number of carbonyl (C=O) groups excluding carboxylic acids is 1. The molecule has 4 heteroatoms. The predicted molar refractivity (Wildman–Crippen MR) is 41.5 cm³/mol. The Balaban J connectivity index is 0.000000461. The Morgan fingerprint density at radius 3 is 2.64 bits per heavy atom. The van der Waals surface area contributed by atoms with Crippen LogP contribution in [0.4, 0.5) is 0 Å². The molecule has 0 aliphatic rings.